The van der Waals surface area contributed by atoms with Crippen molar-refractivity contribution >= 4 is 35.1 Å². The fourth-order valence-corrected chi connectivity index (χ4v) is 4.86. The van der Waals surface area contributed by atoms with Gasteiger partial charge in [0.05, 0.1) is 10.0 Å². The van der Waals surface area contributed by atoms with Crippen molar-refractivity contribution in [2.75, 3.05) is 6.54 Å². The van der Waals surface area contributed by atoms with Crippen molar-refractivity contribution in [3.63, 3.8) is 0 Å². The van der Waals surface area contributed by atoms with Crippen molar-refractivity contribution in [3.05, 3.63) is 98.8 Å². The third-order valence-electron chi connectivity index (χ3n) is 6.23. The van der Waals surface area contributed by atoms with Crippen molar-refractivity contribution in [2.45, 2.75) is 44.8 Å². The maximum Gasteiger partial charge on any atom is 0.323 e. The molecule has 1 N–H and O–H groups in total. The number of benzene rings is 3. The number of carboxylic acid groups (broad SMARTS) is 1. The maximum atomic E-state index is 14.2. The average Bonchev–Trinajstić information content (AvgIpc) is 3.15. The number of carbonyl (C=O) groups is 2. The van der Waals surface area contributed by atoms with Crippen LogP contribution in [0.5, 0.6) is 5.75 Å². The highest BCUT2D eigenvalue weighted by Gasteiger charge is 2.35. The van der Waals surface area contributed by atoms with E-state index in [9.17, 15) is 19.1 Å². The summed E-state index contributed by atoms with van der Waals surface area (Å²) in [5, 5.41) is 10.0. The van der Waals surface area contributed by atoms with Gasteiger partial charge < -0.3 is 14.7 Å². The number of rotatable bonds is 9. The molecule has 1 heterocycles. The van der Waals surface area contributed by atoms with Gasteiger partial charge in [0, 0.05) is 25.8 Å². The van der Waals surface area contributed by atoms with Crippen molar-refractivity contribution < 1.29 is 23.8 Å². The number of hydrogen-bond acceptors (Lipinski definition) is 3. The smallest absolute Gasteiger partial charge is 0.323 e. The van der Waals surface area contributed by atoms with Crippen LogP contribution in [0.1, 0.15) is 35.6 Å². The molecule has 3 aromatic rings. The van der Waals surface area contributed by atoms with Gasteiger partial charge in [-0.2, -0.15) is 0 Å². The summed E-state index contributed by atoms with van der Waals surface area (Å²) >= 11 is 12.0. The Morgan fingerprint density at radius 1 is 1.06 bits per heavy atom. The number of carboxylic acids is 1. The highest BCUT2D eigenvalue weighted by atomic mass is 35.5. The Balaban J connectivity index is 1.40. The molecule has 8 heteroatoms. The number of carbonyl (C=O) groups excluding carboxylic acids is 1. The second kappa shape index (κ2) is 10.9. The van der Waals surface area contributed by atoms with Crippen molar-refractivity contribution in [3.8, 4) is 5.75 Å². The van der Waals surface area contributed by atoms with Crippen molar-refractivity contribution in [1.82, 2.24) is 4.90 Å². The number of nitrogens with zero attached hydrogens (tertiary/aromatic N) is 1. The molecular weight excluding hydrogens is 504 g/mol. The lowest BCUT2D eigenvalue weighted by molar-refractivity contribution is -0.144. The monoisotopic (exact) mass is 529 g/mol. The number of fused-ring (bicyclic) bond motifs is 1. The lowest BCUT2D eigenvalue weighted by atomic mass is 9.91. The second-order valence-corrected chi connectivity index (χ2v) is 10.1. The van der Waals surface area contributed by atoms with Crippen LogP contribution in [0, 0.1) is 5.82 Å². The first kappa shape index (κ1) is 26.0. The zero-order chi connectivity index (χ0) is 25.9. The van der Waals surface area contributed by atoms with Gasteiger partial charge in [-0.15, -0.1) is 0 Å². The molecule has 3 aromatic carbocycles. The molecule has 1 aliphatic rings. The van der Waals surface area contributed by atoms with Crippen LogP contribution in [0.15, 0.2) is 60.7 Å². The lowest BCUT2D eigenvalue weighted by Gasteiger charge is -2.24. The van der Waals surface area contributed by atoms with E-state index in [4.69, 9.17) is 27.9 Å². The van der Waals surface area contributed by atoms with E-state index in [0.29, 0.717) is 40.4 Å². The first-order valence-corrected chi connectivity index (χ1v) is 12.4. The van der Waals surface area contributed by atoms with E-state index in [1.165, 1.54) is 11.0 Å². The summed E-state index contributed by atoms with van der Waals surface area (Å²) in [7, 11) is 0. The highest BCUT2D eigenvalue weighted by Crippen LogP contribution is 2.38. The minimum Gasteiger partial charge on any atom is -0.487 e. The third-order valence-corrected chi connectivity index (χ3v) is 6.97. The number of halogens is 3. The Hall–Kier alpha value is -3.09. The molecule has 5 nitrogen and oxygen atoms in total. The van der Waals surface area contributed by atoms with Gasteiger partial charge >= 0.3 is 5.97 Å². The average molecular weight is 530 g/mol. The van der Waals surface area contributed by atoms with Gasteiger partial charge in [-0.25, -0.2) is 4.39 Å². The predicted molar refractivity (Wildman–Crippen MR) is 137 cm³/mol. The lowest BCUT2D eigenvalue weighted by Crippen LogP contribution is -2.35. The molecule has 0 bridgehead atoms. The number of aryl methyl sites for hydroxylation is 1. The number of aliphatic carboxylic acids is 1. The molecule has 36 heavy (non-hydrogen) atoms. The minimum atomic E-state index is -1.09. The largest absolute Gasteiger partial charge is 0.487 e. The Morgan fingerprint density at radius 2 is 1.81 bits per heavy atom. The van der Waals surface area contributed by atoms with Gasteiger partial charge in [0.1, 0.15) is 23.7 Å². The third kappa shape index (κ3) is 6.37. The fourth-order valence-electron chi connectivity index (χ4n) is 4.54. The maximum absolute atomic E-state index is 14.2. The Kier molecular flexibility index (Phi) is 7.86. The van der Waals surface area contributed by atoms with Gasteiger partial charge in [0.2, 0.25) is 5.91 Å². The summed E-state index contributed by atoms with van der Waals surface area (Å²) in [5.74, 6) is -0.850. The Labute approximate surface area is 219 Å². The zero-order valence-electron chi connectivity index (χ0n) is 19.8. The van der Waals surface area contributed by atoms with Crippen LogP contribution < -0.4 is 4.74 Å². The van der Waals surface area contributed by atoms with Crippen LogP contribution in [-0.2, 0) is 35.4 Å². The molecule has 0 fully saturated rings. The summed E-state index contributed by atoms with van der Waals surface area (Å²) in [6.07, 6.45) is 1.68. The van der Waals surface area contributed by atoms with Crippen LogP contribution in [0.2, 0.25) is 10.0 Å². The second-order valence-electron chi connectivity index (χ2n) is 9.33. The SMILES string of the molecule is C[C@@]1(Cc2ccccc2F)Cc2cc(CCC(=O)N(CC(=O)O)Cc3ccc(Cl)c(Cl)c3)ccc2O1. The van der Waals surface area contributed by atoms with E-state index in [0.717, 1.165) is 16.9 Å². The van der Waals surface area contributed by atoms with E-state index >= 15 is 0 Å². The highest BCUT2D eigenvalue weighted by molar-refractivity contribution is 6.42. The van der Waals surface area contributed by atoms with Crippen LogP contribution in [0.25, 0.3) is 0 Å². The quantitative estimate of drug-likeness (QED) is 0.362. The Bertz CT molecular complexity index is 1300. The van der Waals surface area contributed by atoms with Crippen LogP contribution in [0.3, 0.4) is 0 Å². The van der Waals surface area contributed by atoms with Gasteiger partial charge in [0.25, 0.3) is 0 Å². The van der Waals surface area contributed by atoms with E-state index < -0.39 is 18.1 Å². The van der Waals surface area contributed by atoms with Gasteiger partial charge in [-0.1, -0.05) is 59.6 Å². The van der Waals surface area contributed by atoms with E-state index in [2.05, 4.69) is 0 Å². The molecule has 4 rings (SSSR count). The number of ether oxygens (including phenoxy) is 1. The fraction of sp³-hybridized carbons (Fsp3) is 0.286. The number of hydrogen-bond donors (Lipinski definition) is 1. The molecule has 188 valence electrons. The molecule has 0 aromatic heterocycles. The molecular formula is C28H26Cl2FNO4. The van der Waals surface area contributed by atoms with Crippen LogP contribution in [0.4, 0.5) is 4.39 Å². The van der Waals surface area contributed by atoms with Gasteiger partial charge in [-0.05, 0) is 59.9 Å². The summed E-state index contributed by atoms with van der Waals surface area (Å²) in [6, 6.07) is 17.5. The van der Waals surface area contributed by atoms with Gasteiger partial charge in [0.15, 0.2) is 0 Å². The summed E-state index contributed by atoms with van der Waals surface area (Å²) in [5.41, 5.74) is 2.71. The topological polar surface area (TPSA) is 66.8 Å². The standard InChI is InChI=1S/C28H26Cl2FNO4/c1-28(14-20-4-2-3-5-24(20)31)15-21-12-18(7-10-25(21)36-28)8-11-26(33)32(17-27(34)35)16-19-6-9-22(29)23(30)13-19/h2-7,9-10,12-13H,8,11,14-17H2,1H3,(H,34,35)/t28-/m1/s1. The molecule has 1 atom stereocenters. The molecule has 0 saturated carbocycles. The van der Waals surface area contributed by atoms with Crippen molar-refractivity contribution in [1.29, 1.82) is 0 Å². The number of amides is 1. The summed E-state index contributed by atoms with van der Waals surface area (Å²) < 4.78 is 20.3. The normalized spacial score (nSPS) is 16.3. The van der Waals surface area contributed by atoms with Crippen LogP contribution in [-0.4, -0.2) is 34.0 Å². The molecule has 0 unspecified atom stereocenters. The molecule has 1 aliphatic heterocycles. The minimum absolute atomic E-state index is 0.119. The summed E-state index contributed by atoms with van der Waals surface area (Å²) in [6.45, 7) is 1.68. The molecule has 1 amide bonds. The molecule has 0 saturated heterocycles. The van der Waals surface area contributed by atoms with E-state index in [-0.39, 0.29) is 24.7 Å². The Morgan fingerprint density at radius 3 is 2.53 bits per heavy atom. The van der Waals surface area contributed by atoms with Crippen LogP contribution >= 0.6 is 23.2 Å². The first-order valence-electron chi connectivity index (χ1n) is 11.6. The van der Waals surface area contributed by atoms with Gasteiger partial charge in [-0.3, -0.25) is 9.59 Å². The summed E-state index contributed by atoms with van der Waals surface area (Å²) in [4.78, 5) is 25.6. The molecule has 0 spiro atoms. The van der Waals surface area contributed by atoms with Crippen molar-refractivity contribution in [2.24, 2.45) is 0 Å². The van der Waals surface area contributed by atoms with E-state index in [1.54, 1.807) is 30.3 Å². The molecule has 0 aliphatic carbocycles. The molecule has 0 radical (unpaired) electrons. The predicted octanol–water partition coefficient (Wildman–Crippen LogP) is 6.11. The van der Waals surface area contributed by atoms with E-state index in [1.807, 2.05) is 31.2 Å². The first-order chi connectivity index (χ1) is 17.1. The zero-order valence-corrected chi connectivity index (χ0v) is 21.3.